The number of hydrogen-bond acceptors (Lipinski definition) is 5. The van der Waals surface area contributed by atoms with Crippen molar-refractivity contribution < 1.29 is 14.3 Å². The van der Waals surface area contributed by atoms with Crippen LogP contribution in [-0.4, -0.2) is 28.8 Å². The Hall–Kier alpha value is -2.27. The third-order valence-corrected chi connectivity index (χ3v) is 4.53. The lowest BCUT2D eigenvalue weighted by atomic mass is 10.1. The van der Waals surface area contributed by atoms with E-state index < -0.39 is 6.29 Å². The van der Waals surface area contributed by atoms with Crippen molar-refractivity contribution in [3.05, 3.63) is 47.8 Å². The number of aryl methyl sites for hydroxylation is 1. The van der Waals surface area contributed by atoms with E-state index in [1.807, 2.05) is 24.5 Å². The second kappa shape index (κ2) is 12.2. The number of aromatic nitrogens is 2. The predicted molar refractivity (Wildman–Crippen MR) is 111 cm³/mol. The molecule has 0 saturated heterocycles. The van der Waals surface area contributed by atoms with E-state index >= 15 is 0 Å². The Balaban J connectivity index is 1.88. The molecule has 0 spiro atoms. The van der Waals surface area contributed by atoms with Crippen LogP contribution in [0.4, 0.5) is 0 Å². The van der Waals surface area contributed by atoms with Crippen LogP contribution >= 0.6 is 0 Å². The van der Waals surface area contributed by atoms with Crippen LogP contribution in [0, 0.1) is 0 Å². The number of hydrogen-bond donors (Lipinski definition) is 0. The maximum atomic E-state index is 12.2. The Morgan fingerprint density at radius 2 is 1.64 bits per heavy atom. The Kier molecular flexibility index (Phi) is 9.63. The Morgan fingerprint density at radius 3 is 2.29 bits per heavy atom. The van der Waals surface area contributed by atoms with E-state index in [1.54, 1.807) is 19.1 Å². The van der Waals surface area contributed by atoms with Crippen molar-refractivity contribution in [1.29, 1.82) is 0 Å². The molecule has 152 valence electrons. The molecule has 5 nitrogen and oxygen atoms in total. The Bertz CT molecular complexity index is 699. The van der Waals surface area contributed by atoms with Crippen LogP contribution in [0.5, 0.6) is 0 Å². The van der Waals surface area contributed by atoms with E-state index in [2.05, 4.69) is 23.8 Å². The molecule has 2 rings (SSSR count). The molecule has 28 heavy (non-hydrogen) atoms. The summed E-state index contributed by atoms with van der Waals surface area (Å²) in [7, 11) is 0. The second-order valence-electron chi connectivity index (χ2n) is 7.00. The number of carbonyl (C=O) groups excluding carboxylic acids is 1. The van der Waals surface area contributed by atoms with Crippen LogP contribution in [0.2, 0.25) is 0 Å². The summed E-state index contributed by atoms with van der Waals surface area (Å²) in [5.74, 6) is 0.271. The molecule has 0 aliphatic carbocycles. The fraction of sp³-hybridized carbons (Fsp3) is 0.522. The standard InChI is InChI=1S/C23H32N2O3/c1-4-6-8-9-10-19-16-24-22(25-17-19)20-11-13-21(14-12-20)23(26)28-18(3)27-15-7-5-2/h11-14,16-18H,4-10,15H2,1-3H3. The van der Waals surface area contributed by atoms with Gasteiger partial charge in [0.2, 0.25) is 0 Å². The molecule has 1 heterocycles. The lowest BCUT2D eigenvalue weighted by Crippen LogP contribution is -2.18. The normalized spacial score (nSPS) is 12.0. The van der Waals surface area contributed by atoms with Gasteiger partial charge in [-0.1, -0.05) is 51.7 Å². The summed E-state index contributed by atoms with van der Waals surface area (Å²) < 4.78 is 10.8. The molecule has 5 heteroatoms. The number of rotatable bonds is 12. The number of carbonyl (C=O) groups is 1. The predicted octanol–water partition coefficient (Wildman–Crippen LogP) is 5.59. The SMILES string of the molecule is CCCCCCc1cnc(-c2ccc(C(=O)OC(C)OCCCC)cc2)nc1. The molecule has 0 aliphatic rings. The van der Waals surface area contributed by atoms with Crippen molar-refractivity contribution in [3.8, 4) is 11.4 Å². The first kappa shape index (κ1) is 22.0. The number of unbranched alkanes of at least 4 members (excludes halogenated alkanes) is 4. The highest BCUT2D eigenvalue weighted by atomic mass is 16.7. The molecular formula is C23H32N2O3. The molecule has 2 aromatic rings. The minimum absolute atomic E-state index is 0.390. The molecule has 0 amide bonds. The van der Waals surface area contributed by atoms with Gasteiger partial charge >= 0.3 is 5.97 Å². The van der Waals surface area contributed by atoms with Gasteiger partial charge in [-0.3, -0.25) is 0 Å². The number of nitrogens with zero attached hydrogens (tertiary/aromatic N) is 2. The highest BCUT2D eigenvalue weighted by Gasteiger charge is 2.12. The number of ether oxygens (including phenoxy) is 2. The van der Waals surface area contributed by atoms with Crippen molar-refractivity contribution >= 4 is 5.97 Å². The average Bonchev–Trinajstić information content (AvgIpc) is 2.72. The first-order valence-corrected chi connectivity index (χ1v) is 10.4. The fourth-order valence-corrected chi connectivity index (χ4v) is 2.79. The van der Waals surface area contributed by atoms with Gasteiger partial charge in [-0.2, -0.15) is 0 Å². The third-order valence-electron chi connectivity index (χ3n) is 4.53. The van der Waals surface area contributed by atoms with Crippen molar-refractivity contribution in [1.82, 2.24) is 9.97 Å². The van der Waals surface area contributed by atoms with Gasteiger partial charge in [0.25, 0.3) is 0 Å². The molecular weight excluding hydrogens is 352 g/mol. The van der Waals surface area contributed by atoms with Gasteiger partial charge < -0.3 is 9.47 Å². The average molecular weight is 385 g/mol. The molecule has 0 saturated carbocycles. The van der Waals surface area contributed by atoms with Gasteiger partial charge in [0.15, 0.2) is 12.1 Å². The molecule has 0 radical (unpaired) electrons. The molecule has 0 fully saturated rings. The summed E-state index contributed by atoms with van der Waals surface area (Å²) in [4.78, 5) is 21.1. The van der Waals surface area contributed by atoms with Gasteiger partial charge in [0.1, 0.15) is 0 Å². The van der Waals surface area contributed by atoms with E-state index in [-0.39, 0.29) is 5.97 Å². The lowest BCUT2D eigenvalue weighted by molar-refractivity contribution is -0.0985. The van der Waals surface area contributed by atoms with Crippen LogP contribution in [0.25, 0.3) is 11.4 Å². The van der Waals surface area contributed by atoms with Crippen molar-refractivity contribution in [3.63, 3.8) is 0 Å². The highest BCUT2D eigenvalue weighted by molar-refractivity contribution is 5.90. The van der Waals surface area contributed by atoms with Gasteiger partial charge in [0, 0.05) is 18.0 Å². The summed E-state index contributed by atoms with van der Waals surface area (Å²) in [6, 6.07) is 7.15. The third kappa shape index (κ3) is 7.39. The summed E-state index contributed by atoms with van der Waals surface area (Å²) in [5, 5.41) is 0. The van der Waals surface area contributed by atoms with E-state index in [4.69, 9.17) is 9.47 Å². The smallest absolute Gasteiger partial charge is 0.340 e. The molecule has 1 atom stereocenters. The van der Waals surface area contributed by atoms with Crippen LogP contribution in [0.15, 0.2) is 36.7 Å². The van der Waals surface area contributed by atoms with E-state index in [0.717, 1.165) is 30.4 Å². The quantitative estimate of drug-likeness (QED) is 0.271. The minimum Gasteiger partial charge on any atom is -0.432 e. The maximum absolute atomic E-state index is 12.2. The minimum atomic E-state index is -0.549. The maximum Gasteiger partial charge on any atom is 0.340 e. The highest BCUT2D eigenvalue weighted by Crippen LogP contribution is 2.17. The first-order valence-electron chi connectivity index (χ1n) is 10.4. The first-order chi connectivity index (χ1) is 13.6. The molecule has 1 unspecified atom stereocenters. The van der Waals surface area contributed by atoms with Crippen molar-refractivity contribution in [2.24, 2.45) is 0 Å². The molecule has 1 aromatic carbocycles. The van der Waals surface area contributed by atoms with Crippen LogP contribution in [0.3, 0.4) is 0 Å². The number of esters is 1. The summed E-state index contributed by atoms with van der Waals surface area (Å²) >= 11 is 0. The Morgan fingerprint density at radius 1 is 0.964 bits per heavy atom. The molecule has 0 N–H and O–H groups in total. The van der Waals surface area contributed by atoms with Crippen molar-refractivity contribution in [2.75, 3.05) is 6.61 Å². The largest absolute Gasteiger partial charge is 0.432 e. The van der Waals surface area contributed by atoms with Gasteiger partial charge in [-0.25, -0.2) is 14.8 Å². The number of benzene rings is 1. The zero-order valence-electron chi connectivity index (χ0n) is 17.3. The molecule has 1 aromatic heterocycles. The van der Waals surface area contributed by atoms with Crippen LogP contribution in [-0.2, 0) is 15.9 Å². The Labute approximate surface area is 168 Å². The van der Waals surface area contributed by atoms with Gasteiger partial charge in [0.05, 0.1) is 12.2 Å². The monoisotopic (exact) mass is 384 g/mol. The zero-order valence-corrected chi connectivity index (χ0v) is 17.3. The van der Waals surface area contributed by atoms with Gasteiger partial charge in [-0.15, -0.1) is 0 Å². The summed E-state index contributed by atoms with van der Waals surface area (Å²) in [6.45, 7) is 6.63. The van der Waals surface area contributed by atoms with E-state index in [1.165, 1.54) is 25.7 Å². The van der Waals surface area contributed by atoms with E-state index in [9.17, 15) is 4.79 Å². The van der Waals surface area contributed by atoms with Gasteiger partial charge in [-0.05, 0) is 43.9 Å². The second-order valence-corrected chi connectivity index (χ2v) is 7.00. The van der Waals surface area contributed by atoms with E-state index in [0.29, 0.717) is 18.0 Å². The molecule has 0 aliphatic heterocycles. The summed E-state index contributed by atoms with van der Waals surface area (Å²) in [5.41, 5.74) is 2.53. The van der Waals surface area contributed by atoms with Crippen LogP contribution < -0.4 is 0 Å². The zero-order chi connectivity index (χ0) is 20.2. The van der Waals surface area contributed by atoms with Crippen LogP contribution in [0.1, 0.15) is 75.2 Å². The summed E-state index contributed by atoms with van der Waals surface area (Å²) in [6.07, 6.45) is 11.2. The lowest BCUT2D eigenvalue weighted by Gasteiger charge is -2.14. The van der Waals surface area contributed by atoms with Crippen molar-refractivity contribution in [2.45, 2.75) is 72.0 Å². The molecule has 0 bridgehead atoms. The fourth-order valence-electron chi connectivity index (χ4n) is 2.79. The topological polar surface area (TPSA) is 61.3 Å².